The zero-order chi connectivity index (χ0) is 15.3. The Morgan fingerprint density at radius 2 is 1.85 bits per heavy atom. The number of carbonyl (C=O) groups excluding carboxylic acids is 1. The standard InChI is InChI=1S/C13H18INO4S/c1-4-19-13(16)9-15(10(2)3)20(17,18)12-7-5-11(14)6-8-12/h5-8,10H,4,9H2,1-3H3. The lowest BCUT2D eigenvalue weighted by molar-refractivity contribution is -0.143. The highest BCUT2D eigenvalue weighted by Gasteiger charge is 2.29. The van der Waals surface area contributed by atoms with Crippen molar-refractivity contribution in [2.45, 2.75) is 31.7 Å². The highest BCUT2D eigenvalue weighted by molar-refractivity contribution is 14.1. The molecule has 0 N–H and O–H groups in total. The van der Waals surface area contributed by atoms with Crippen molar-refractivity contribution in [3.8, 4) is 0 Å². The Labute approximate surface area is 133 Å². The topological polar surface area (TPSA) is 63.7 Å². The molecule has 0 bridgehead atoms. The van der Waals surface area contributed by atoms with Crippen molar-refractivity contribution in [2.75, 3.05) is 13.2 Å². The number of rotatable bonds is 6. The maximum Gasteiger partial charge on any atom is 0.321 e. The first kappa shape index (κ1) is 17.4. The average Bonchev–Trinajstić information content (AvgIpc) is 2.36. The molecule has 1 aromatic rings. The van der Waals surface area contributed by atoms with Crippen molar-refractivity contribution in [2.24, 2.45) is 0 Å². The van der Waals surface area contributed by atoms with Gasteiger partial charge in [0.05, 0.1) is 11.5 Å². The first-order valence-electron chi connectivity index (χ1n) is 6.22. The number of ether oxygens (including phenoxy) is 1. The lowest BCUT2D eigenvalue weighted by Crippen LogP contribution is -2.41. The Hall–Kier alpha value is -0.670. The van der Waals surface area contributed by atoms with E-state index in [2.05, 4.69) is 22.6 Å². The van der Waals surface area contributed by atoms with Crippen molar-refractivity contribution in [3.63, 3.8) is 0 Å². The average molecular weight is 411 g/mol. The van der Waals surface area contributed by atoms with Gasteiger partial charge in [0.15, 0.2) is 0 Å². The van der Waals surface area contributed by atoms with Gasteiger partial charge in [-0.25, -0.2) is 8.42 Å². The van der Waals surface area contributed by atoms with Crippen molar-refractivity contribution in [3.05, 3.63) is 27.8 Å². The van der Waals surface area contributed by atoms with Gasteiger partial charge in [-0.2, -0.15) is 4.31 Å². The third-order valence-electron chi connectivity index (χ3n) is 2.59. The molecule has 0 fully saturated rings. The Morgan fingerprint density at radius 3 is 2.30 bits per heavy atom. The second-order valence-electron chi connectivity index (χ2n) is 4.40. The van der Waals surface area contributed by atoms with Crippen LogP contribution < -0.4 is 0 Å². The summed E-state index contributed by atoms with van der Waals surface area (Å²) >= 11 is 2.10. The van der Waals surface area contributed by atoms with Crippen molar-refractivity contribution < 1.29 is 17.9 Å². The van der Waals surface area contributed by atoms with Crippen molar-refractivity contribution in [1.29, 1.82) is 0 Å². The molecule has 0 aliphatic rings. The molecule has 0 saturated carbocycles. The Bertz CT molecular complexity index is 554. The van der Waals surface area contributed by atoms with E-state index in [0.717, 1.165) is 7.88 Å². The molecule has 112 valence electrons. The van der Waals surface area contributed by atoms with E-state index in [0.29, 0.717) is 0 Å². The molecule has 1 aromatic carbocycles. The Balaban J connectivity index is 3.06. The fourth-order valence-corrected chi connectivity index (χ4v) is 3.56. The number of hydrogen-bond donors (Lipinski definition) is 0. The van der Waals surface area contributed by atoms with Crippen LogP contribution in [-0.4, -0.2) is 37.9 Å². The fraction of sp³-hybridized carbons (Fsp3) is 0.462. The van der Waals surface area contributed by atoms with E-state index in [4.69, 9.17) is 4.74 Å². The summed E-state index contributed by atoms with van der Waals surface area (Å²) in [6.07, 6.45) is 0. The van der Waals surface area contributed by atoms with Crippen LogP contribution in [0.2, 0.25) is 0 Å². The van der Waals surface area contributed by atoms with Gasteiger partial charge in [0, 0.05) is 9.61 Å². The molecule has 0 unspecified atom stereocenters. The molecule has 0 aromatic heterocycles. The highest BCUT2D eigenvalue weighted by Crippen LogP contribution is 2.19. The molecular weight excluding hydrogens is 393 g/mol. The second-order valence-corrected chi connectivity index (χ2v) is 7.54. The van der Waals surface area contributed by atoms with Crippen LogP contribution in [0.15, 0.2) is 29.2 Å². The quantitative estimate of drug-likeness (QED) is 0.532. The number of carbonyl (C=O) groups is 1. The minimum absolute atomic E-state index is 0.177. The molecule has 0 heterocycles. The van der Waals surface area contributed by atoms with E-state index < -0.39 is 16.0 Å². The van der Waals surface area contributed by atoms with Crippen LogP contribution in [0, 0.1) is 3.57 Å². The lowest BCUT2D eigenvalue weighted by atomic mass is 10.4. The van der Waals surface area contributed by atoms with Crippen LogP contribution in [0.5, 0.6) is 0 Å². The van der Waals surface area contributed by atoms with Gasteiger partial charge in [0.1, 0.15) is 6.54 Å². The molecule has 1 rings (SSSR count). The normalized spacial score (nSPS) is 11.9. The van der Waals surface area contributed by atoms with Gasteiger partial charge in [0.2, 0.25) is 10.0 Å². The van der Waals surface area contributed by atoms with Gasteiger partial charge >= 0.3 is 5.97 Å². The van der Waals surface area contributed by atoms with E-state index in [1.807, 2.05) is 0 Å². The van der Waals surface area contributed by atoms with Gasteiger partial charge < -0.3 is 4.74 Å². The van der Waals surface area contributed by atoms with Crippen LogP contribution in [0.1, 0.15) is 20.8 Å². The van der Waals surface area contributed by atoms with Gasteiger partial charge in [-0.3, -0.25) is 4.79 Å². The highest BCUT2D eigenvalue weighted by atomic mass is 127. The Morgan fingerprint density at radius 1 is 1.30 bits per heavy atom. The molecule has 0 saturated heterocycles. The molecule has 7 heteroatoms. The number of benzene rings is 1. The molecule has 0 radical (unpaired) electrons. The van der Waals surface area contributed by atoms with Crippen LogP contribution in [0.3, 0.4) is 0 Å². The zero-order valence-corrected chi connectivity index (χ0v) is 14.6. The van der Waals surface area contributed by atoms with Gasteiger partial charge in [0.25, 0.3) is 0 Å². The largest absolute Gasteiger partial charge is 0.465 e. The van der Waals surface area contributed by atoms with E-state index >= 15 is 0 Å². The number of esters is 1. The summed E-state index contributed by atoms with van der Waals surface area (Å²) < 4.78 is 32.0. The molecular formula is C13H18INO4S. The monoisotopic (exact) mass is 411 g/mol. The molecule has 20 heavy (non-hydrogen) atoms. The first-order chi connectivity index (χ1) is 9.28. The third kappa shape index (κ3) is 4.42. The van der Waals surface area contributed by atoms with Crippen LogP contribution in [0.4, 0.5) is 0 Å². The summed E-state index contributed by atoms with van der Waals surface area (Å²) in [5.74, 6) is -0.546. The third-order valence-corrected chi connectivity index (χ3v) is 5.34. The summed E-state index contributed by atoms with van der Waals surface area (Å²) in [6, 6.07) is 6.19. The van der Waals surface area contributed by atoms with E-state index in [1.165, 1.54) is 12.1 Å². The van der Waals surface area contributed by atoms with Crippen molar-refractivity contribution in [1.82, 2.24) is 4.31 Å². The predicted octanol–water partition coefficient (Wildman–Crippen LogP) is 2.25. The number of sulfonamides is 1. The smallest absolute Gasteiger partial charge is 0.321 e. The zero-order valence-electron chi connectivity index (χ0n) is 11.7. The maximum absolute atomic E-state index is 12.5. The van der Waals surface area contributed by atoms with Crippen LogP contribution in [-0.2, 0) is 19.6 Å². The van der Waals surface area contributed by atoms with E-state index in [1.54, 1.807) is 32.9 Å². The Kier molecular flexibility index (Phi) is 6.41. The van der Waals surface area contributed by atoms with E-state index in [9.17, 15) is 13.2 Å². The first-order valence-corrected chi connectivity index (χ1v) is 8.74. The molecule has 0 aliphatic heterocycles. The molecule has 0 aliphatic carbocycles. The number of halogens is 1. The lowest BCUT2D eigenvalue weighted by Gasteiger charge is -2.24. The van der Waals surface area contributed by atoms with Crippen LogP contribution in [0.25, 0.3) is 0 Å². The fourth-order valence-electron chi connectivity index (χ4n) is 1.62. The van der Waals surface area contributed by atoms with Crippen LogP contribution >= 0.6 is 22.6 Å². The van der Waals surface area contributed by atoms with Gasteiger partial charge in [-0.15, -0.1) is 0 Å². The summed E-state index contributed by atoms with van der Waals surface area (Å²) in [5, 5.41) is 0. The number of nitrogens with zero attached hydrogens (tertiary/aromatic N) is 1. The van der Waals surface area contributed by atoms with Gasteiger partial charge in [-0.1, -0.05) is 0 Å². The molecule has 0 atom stereocenters. The molecule has 5 nitrogen and oxygen atoms in total. The van der Waals surface area contributed by atoms with E-state index in [-0.39, 0.29) is 24.1 Å². The number of hydrogen-bond acceptors (Lipinski definition) is 4. The summed E-state index contributed by atoms with van der Waals surface area (Å²) in [7, 11) is -3.70. The summed E-state index contributed by atoms with van der Waals surface area (Å²) in [5.41, 5.74) is 0. The van der Waals surface area contributed by atoms with Crippen molar-refractivity contribution >= 4 is 38.6 Å². The minimum atomic E-state index is -3.70. The predicted molar refractivity (Wildman–Crippen MR) is 84.8 cm³/mol. The summed E-state index contributed by atoms with van der Waals surface area (Å²) in [4.78, 5) is 11.7. The molecule has 0 amide bonds. The summed E-state index contributed by atoms with van der Waals surface area (Å²) in [6.45, 7) is 5.09. The minimum Gasteiger partial charge on any atom is -0.465 e. The van der Waals surface area contributed by atoms with Gasteiger partial charge in [-0.05, 0) is 67.6 Å². The SMILES string of the molecule is CCOC(=O)CN(C(C)C)S(=O)(=O)c1ccc(I)cc1. The maximum atomic E-state index is 12.5. The molecule has 0 spiro atoms. The second kappa shape index (κ2) is 7.37.